The summed E-state index contributed by atoms with van der Waals surface area (Å²) in [6, 6.07) is 0.352. The minimum absolute atomic E-state index is 0.311. The average molecular weight is 185 g/mol. The molecule has 0 saturated carbocycles. The SMILES string of the molecule is CCCCN(C(=O)CCC)C(C)C. The minimum atomic E-state index is 0.311. The Morgan fingerprint density at radius 1 is 1.23 bits per heavy atom. The predicted molar refractivity (Wildman–Crippen MR) is 56.7 cm³/mol. The van der Waals surface area contributed by atoms with E-state index >= 15 is 0 Å². The van der Waals surface area contributed by atoms with Crippen molar-refractivity contribution in [1.29, 1.82) is 0 Å². The van der Waals surface area contributed by atoms with Crippen LogP contribution in [-0.2, 0) is 4.79 Å². The fourth-order valence-corrected chi connectivity index (χ4v) is 1.36. The number of amides is 1. The van der Waals surface area contributed by atoms with Crippen LogP contribution in [0.4, 0.5) is 0 Å². The molecule has 0 aliphatic heterocycles. The van der Waals surface area contributed by atoms with Gasteiger partial charge in [-0.1, -0.05) is 20.3 Å². The van der Waals surface area contributed by atoms with Crippen LogP contribution in [0.25, 0.3) is 0 Å². The first-order valence-corrected chi connectivity index (χ1v) is 5.42. The number of nitrogens with zero attached hydrogens (tertiary/aromatic N) is 1. The zero-order valence-corrected chi connectivity index (χ0v) is 9.47. The van der Waals surface area contributed by atoms with Crippen LogP contribution in [0.5, 0.6) is 0 Å². The molecule has 0 radical (unpaired) electrons. The molecule has 0 aromatic carbocycles. The van der Waals surface area contributed by atoms with Crippen LogP contribution >= 0.6 is 0 Å². The van der Waals surface area contributed by atoms with Gasteiger partial charge in [-0.2, -0.15) is 0 Å². The first-order chi connectivity index (χ1) is 6.13. The molecule has 0 heterocycles. The molecule has 78 valence electrons. The van der Waals surface area contributed by atoms with Gasteiger partial charge < -0.3 is 4.90 Å². The molecule has 0 fully saturated rings. The van der Waals surface area contributed by atoms with Crippen molar-refractivity contribution in [3.05, 3.63) is 0 Å². The molecule has 0 aromatic rings. The summed E-state index contributed by atoms with van der Waals surface area (Å²) in [7, 11) is 0. The monoisotopic (exact) mass is 185 g/mol. The van der Waals surface area contributed by atoms with Crippen molar-refractivity contribution in [3.63, 3.8) is 0 Å². The van der Waals surface area contributed by atoms with Crippen molar-refractivity contribution < 1.29 is 4.79 Å². The molecule has 0 N–H and O–H groups in total. The van der Waals surface area contributed by atoms with E-state index in [1.54, 1.807) is 0 Å². The van der Waals surface area contributed by atoms with Gasteiger partial charge in [0.15, 0.2) is 0 Å². The number of unbranched alkanes of at least 4 members (excludes halogenated alkanes) is 1. The van der Waals surface area contributed by atoms with Crippen molar-refractivity contribution in [3.8, 4) is 0 Å². The maximum absolute atomic E-state index is 11.6. The lowest BCUT2D eigenvalue weighted by molar-refractivity contribution is -0.133. The van der Waals surface area contributed by atoms with Gasteiger partial charge in [-0.25, -0.2) is 0 Å². The Labute approximate surface area is 82.3 Å². The predicted octanol–water partition coefficient (Wildman–Crippen LogP) is 2.82. The van der Waals surface area contributed by atoms with E-state index in [-0.39, 0.29) is 0 Å². The molecule has 0 aromatic heterocycles. The summed E-state index contributed by atoms with van der Waals surface area (Å²) >= 11 is 0. The Balaban J connectivity index is 3.99. The lowest BCUT2D eigenvalue weighted by atomic mass is 10.2. The van der Waals surface area contributed by atoms with Gasteiger partial charge in [0, 0.05) is 19.0 Å². The number of hydrogen-bond acceptors (Lipinski definition) is 1. The quantitative estimate of drug-likeness (QED) is 0.623. The molecule has 0 bridgehead atoms. The van der Waals surface area contributed by atoms with Crippen molar-refractivity contribution in [2.75, 3.05) is 6.54 Å². The normalized spacial score (nSPS) is 10.5. The topological polar surface area (TPSA) is 20.3 Å². The van der Waals surface area contributed by atoms with Crippen LogP contribution in [-0.4, -0.2) is 23.4 Å². The van der Waals surface area contributed by atoms with E-state index < -0.39 is 0 Å². The molecule has 0 aliphatic carbocycles. The van der Waals surface area contributed by atoms with E-state index in [0.717, 1.165) is 25.8 Å². The molecule has 2 nitrogen and oxygen atoms in total. The molecule has 0 saturated heterocycles. The van der Waals surface area contributed by atoms with E-state index in [9.17, 15) is 4.79 Å². The second-order valence-electron chi connectivity index (χ2n) is 3.78. The van der Waals surface area contributed by atoms with E-state index in [0.29, 0.717) is 18.4 Å². The summed E-state index contributed by atoms with van der Waals surface area (Å²) in [5.41, 5.74) is 0. The molecule has 2 heteroatoms. The number of carbonyl (C=O) groups is 1. The number of rotatable bonds is 6. The van der Waals surface area contributed by atoms with Crippen LogP contribution < -0.4 is 0 Å². The van der Waals surface area contributed by atoms with Gasteiger partial charge in [-0.05, 0) is 26.7 Å². The molecule has 0 aliphatic rings. The lowest BCUT2D eigenvalue weighted by Gasteiger charge is -2.26. The first kappa shape index (κ1) is 12.5. The Morgan fingerprint density at radius 3 is 2.23 bits per heavy atom. The van der Waals surface area contributed by atoms with Crippen molar-refractivity contribution in [1.82, 2.24) is 4.90 Å². The second-order valence-corrected chi connectivity index (χ2v) is 3.78. The fraction of sp³-hybridized carbons (Fsp3) is 0.909. The number of carbonyl (C=O) groups excluding carboxylic acids is 1. The van der Waals surface area contributed by atoms with Gasteiger partial charge in [0.2, 0.25) is 5.91 Å². The third-order valence-corrected chi connectivity index (χ3v) is 2.16. The summed E-state index contributed by atoms with van der Waals surface area (Å²) in [4.78, 5) is 13.6. The summed E-state index contributed by atoms with van der Waals surface area (Å²) in [6.45, 7) is 9.30. The van der Waals surface area contributed by atoms with Crippen molar-refractivity contribution >= 4 is 5.91 Å². The fourth-order valence-electron chi connectivity index (χ4n) is 1.36. The zero-order chi connectivity index (χ0) is 10.3. The molecule has 0 atom stereocenters. The Bertz CT molecular complexity index is 143. The Hall–Kier alpha value is -0.530. The maximum Gasteiger partial charge on any atom is 0.222 e. The van der Waals surface area contributed by atoms with E-state index in [1.165, 1.54) is 0 Å². The van der Waals surface area contributed by atoms with Gasteiger partial charge >= 0.3 is 0 Å². The maximum atomic E-state index is 11.6. The summed E-state index contributed by atoms with van der Waals surface area (Å²) in [6.07, 6.45) is 3.92. The van der Waals surface area contributed by atoms with Crippen molar-refractivity contribution in [2.24, 2.45) is 0 Å². The highest BCUT2D eigenvalue weighted by Gasteiger charge is 2.14. The molecular weight excluding hydrogens is 162 g/mol. The molecule has 0 spiro atoms. The zero-order valence-electron chi connectivity index (χ0n) is 9.47. The molecule has 1 amide bonds. The van der Waals surface area contributed by atoms with E-state index in [1.807, 2.05) is 4.90 Å². The van der Waals surface area contributed by atoms with E-state index in [2.05, 4.69) is 27.7 Å². The first-order valence-electron chi connectivity index (χ1n) is 5.42. The highest BCUT2D eigenvalue weighted by Crippen LogP contribution is 2.05. The third-order valence-electron chi connectivity index (χ3n) is 2.16. The van der Waals surface area contributed by atoms with Crippen molar-refractivity contribution in [2.45, 2.75) is 59.4 Å². The summed E-state index contributed by atoms with van der Waals surface area (Å²) < 4.78 is 0. The molecule has 0 unspecified atom stereocenters. The van der Waals surface area contributed by atoms with Gasteiger partial charge in [0.1, 0.15) is 0 Å². The van der Waals surface area contributed by atoms with Gasteiger partial charge in [-0.15, -0.1) is 0 Å². The molecular formula is C11H23NO. The smallest absolute Gasteiger partial charge is 0.222 e. The Morgan fingerprint density at radius 2 is 1.85 bits per heavy atom. The van der Waals surface area contributed by atoms with Gasteiger partial charge in [-0.3, -0.25) is 4.79 Å². The standard InChI is InChI=1S/C11H23NO/c1-5-7-9-12(10(3)4)11(13)8-6-2/h10H,5-9H2,1-4H3. The summed E-state index contributed by atoms with van der Waals surface area (Å²) in [5.74, 6) is 0.311. The number of hydrogen-bond donors (Lipinski definition) is 0. The van der Waals surface area contributed by atoms with Gasteiger partial charge in [0.05, 0.1) is 0 Å². The largest absolute Gasteiger partial charge is 0.340 e. The van der Waals surface area contributed by atoms with Gasteiger partial charge in [0.25, 0.3) is 0 Å². The second kappa shape index (κ2) is 6.93. The lowest BCUT2D eigenvalue weighted by Crippen LogP contribution is -2.37. The van der Waals surface area contributed by atoms with Crippen LogP contribution in [0, 0.1) is 0 Å². The molecule has 0 rings (SSSR count). The minimum Gasteiger partial charge on any atom is -0.340 e. The third kappa shape index (κ3) is 4.91. The average Bonchev–Trinajstić information content (AvgIpc) is 2.05. The Kier molecular flexibility index (Phi) is 6.65. The highest BCUT2D eigenvalue weighted by atomic mass is 16.2. The van der Waals surface area contributed by atoms with Crippen LogP contribution in [0.1, 0.15) is 53.4 Å². The van der Waals surface area contributed by atoms with Crippen LogP contribution in [0.2, 0.25) is 0 Å². The summed E-state index contributed by atoms with van der Waals surface area (Å²) in [5, 5.41) is 0. The van der Waals surface area contributed by atoms with Crippen LogP contribution in [0.3, 0.4) is 0 Å². The van der Waals surface area contributed by atoms with E-state index in [4.69, 9.17) is 0 Å². The van der Waals surface area contributed by atoms with Crippen LogP contribution in [0.15, 0.2) is 0 Å². The highest BCUT2D eigenvalue weighted by molar-refractivity contribution is 5.76. The molecule has 13 heavy (non-hydrogen) atoms.